The molecule has 1 aromatic carbocycles. The number of ether oxygens (including phenoxy) is 1. The minimum atomic E-state index is -0.688. The molecule has 0 aliphatic heterocycles. The normalized spacial score (nSPS) is 16.0. The number of carbonyl (C=O) groups is 1. The van der Waals surface area contributed by atoms with Gasteiger partial charge in [0.25, 0.3) is 0 Å². The lowest BCUT2D eigenvalue weighted by Gasteiger charge is -2.12. The van der Waals surface area contributed by atoms with Crippen molar-refractivity contribution < 1.29 is 9.53 Å². The molecular weight excluding hydrogens is 214 g/mol. The largest absolute Gasteiger partial charge is 0.496 e. The van der Waals surface area contributed by atoms with Crippen molar-refractivity contribution in [2.75, 3.05) is 7.11 Å². The molecule has 1 fully saturated rings. The third kappa shape index (κ3) is 2.65. The van der Waals surface area contributed by atoms with E-state index >= 15 is 0 Å². The first-order valence-corrected chi connectivity index (χ1v) is 5.81. The number of nitrogens with zero attached hydrogens (tertiary/aromatic N) is 1. The van der Waals surface area contributed by atoms with Crippen molar-refractivity contribution in [3.8, 4) is 11.8 Å². The van der Waals surface area contributed by atoms with E-state index in [9.17, 15) is 10.1 Å². The van der Waals surface area contributed by atoms with Crippen molar-refractivity contribution in [2.45, 2.75) is 25.2 Å². The van der Waals surface area contributed by atoms with E-state index in [1.54, 1.807) is 19.2 Å². The summed E-state index contributed by atoms with van der Waals surface area (Å²) < 4.78 is 5.20. The summed E-state index contributed by atoms with van der Waals surface area (Å²) in [5.74, 6) is 0.447. The van der Waals surface area contributed by atoms with E-state index in [0.29, 0.717) is 23.7 Å². The molecule has 3 heteroatoms. The lowest BCUT2D eigenvalue weighted by atomic mass is 9.92. The van der Waals surface area contributed by atoms with Crippen LogP contribution in [0.2, 0.25) is 0 Å². The molecule has 0 spiro atoms. The van der Waals surface area contributed by atoms with Gasteiger partial charge in [0, 0.05) is 12.0 Å². The zero-order valence-electron chi connectivity index (χ0n) is 9.85. The lowest BCUT2D eigenvalue weighted by molar-refractivity contribution is -0.119. The first kappa shape index (κ1) is 11.7. The SMILES string of the molecule is COc1ccccc1C(C#N)C(=O)CC1CC1. The molecule has 1 aliphatic rings. The highest BCUT2D eigenvalue weighted by Crippen LogP contribution is 2.36. The summed E-state index contributed by atoms with van der Waals surface area (Å²) in [6.07, 6.45) is 2.77. The Labute approximate surface area is 101 Å². The van der Waals surface area contributed by atoms with Gasteiger partial charge >= 0.3 is 0 Å². The van der Waals surface area contributed by atoms with Crippen molar-refractivity contribution in [2.24, 2.45) is 5.92 Å². The molecule has 0 radical (unpaired) electrons. The smallest absolute Gasteiger partial charge is 0.154 e. The average molecular weight is 229 g/mol. The molecule has 1 unspecified atom stereocenters. The van der Waals surface area contributed by atoms with Gasteiger partial charge in [-0.2, -0.15) is 5.26 Å². The second kappa shape index (κ2) is 5.01. The topological polar surface area (TPSA) is 50.1 Å². The minimum Gasteiger partial charge on any atom is -0.496 e. The fourth-order valence-electron chi connectivity index (χ4n) is 1.94. The number of para-hydroxylation sites is 1. The number of Topliss-reactive ketones (excluding diaryl/α,β-unsaturated/α-hetero) is 1. The molecule has 17 heavy (non-hydrogen) atoms. The lowest BCUT2D eigenvalue weighted by Crippen LogP contribution is -2.12. The Hall–Kier alpha value is -1.82. The van der Waals surface area contributed by atoms with E-state index in [1.165, 1.54) is 0 Å². The minimum absolute atomic E-state index is 0.0134. The summed E-state index contributed by atoms with van der Waals surface area (Å²) in [5, 5.41) is 9.18. The third-order valence-electron chi connectivity index (χ3n) is 3.09. The predicted octanol–water partition coefficient (Wildman–Crippen LogP) is 2.67. The van der Waals surface area contributed by atoms with E-state index < -0.39 is 5.92 Å². The van der Waals surface area contributed by atoms with E-state index in [1.807, 2.05) is 12.1 Å². The molecule has 2 rings (SSSR count). The van der Waals surface area contributed by atoms with Crippen LogP contribution in [0.5, 0.6) is 5.75 Å². The highest BCUT2D eigenvalue weighted by molar-refractivity contribution is 5.89. The van der Waals surface area contributed by atoms with Crippen LogP contribution in [0.25, 0.3) is 0 Å². The summed E-state index contributed by atoms with van der Waals surface area (Å²) in [6, 6.07) is 9.33. The van der Waals surface area contributed by atoms with Gasteiger partial charge in [-0.25, -0.2) is 0 Å². The molecule has 1 saturated carbocycles. The second-order valence-corrected chi connectivity index (χ2v) is 4.42. The van der Waals surface area contributed by atoms with Crippen LogP contribution in [-0.4, -0.2) is 12.9 Å². The van der Waals surface area contributed by atoms with E-state index in [0.717, 1.165) is 12.8 Å². The Kier molecular flexibility index (Phi) is 3.43. The molecule has 88 valence electrons. The zero-order valence-corrected chi connectivity index (χ0v) is 9.85. The van der Waals surface area contributed by atoms with Crippen LogP contribution >= 0.6 is 0 Å². The molecule has 0 bridgehead atoms. The highest BCUT2D eigenvalue weighted by Gasteiger charge is 2.30. The fraction of sp³-hybridized carbons (Fsp3) is 0.429. The van der Waals surface area contributed by atoms with Crippen LogP contribution in [0, 0.1) is 17.2 Å². The highest BCUT2D eigenvalue weighted by atomic mass is 16.5. The van der Waals surface area contributed by atoms with Crippen molar-refractivity contribution in [1.29, 1.82) is 5.26 Å². The molecule has 0 N–H and O–H groups in total. The summed E-state index contributed by atoms with van der Waals surface area (Å²) in [4.78, 5) is 12.0. The van der Waals surface area contributed by atoms with E-state index in [4.69, 9.17) is 4.74 Å². The standard InChI is InChI=1S/C14H15NO2/c1-17-14-5-3-2-4-11(14)12(9-15)13(16)8-10-6-7-10/h2-5,10,12H,6-8H2,1H3. The fourth-order valence-corrected chi connectivity index (χ4v) is 1.94. The van der Waals surface area contributed by atoms with Gasteiger partial charge in [0.2, 0.25) is 0 Å². The van der Waals surface area contributed by atoms with Crippen molar-refractivity contribution >= 4 is 5.78 Å². The molecule has 3 nitrogen and oxygen atoms in total. The van der Waals surface area contributed by atoms with Gasteiger partial charge in [-0.15, -0.1) is 0 Å². The van der Waals surface area contributed by atoms with Gasteiger partial charge in [-0.1, -0.05) is 18.2 Å². The quantitative estimate of drug-likeness (QED) is 0.780. The maximum Gasteiger partial charge on any atom is 0.154 e. The van der Waals surface area contributed by atoms with Gasteiger partial charge < -0.3 is 4.74 Å². The van der Waals surface area contributed by atoms with Gasteiger partial charge in [0.05, 0.1) is 13.2 Å². The van der Waals surface area contributed by atoms with Gasteiger partial charge in [-0.05, 0) is 24.8 Å². The first-order chi connectivity index (χ1) is 8.26. The monoisotopic (exact) mass is 229 g/mol. The number of hydrogen-bond acceptors (Lipinski definition) is 3. The number of hydrogen-bond donors (Lipinski definition) is 0. The zero-order chi connectivity index (χ0) is 12.3. The third-order valence-corrected chi connectivity index (χ3v) is 3.09. The van der Waals surface area contributed by atoms with Gasteiger partial charge in [0.1, 0.15) is 11.7 Å². The molecule has 0 heterocycles. The summed E-state index contributed by atoms with van der Waals surface area (Å²) in [5.41, 5.74) is 0.683. The maximum absolute atomic E-state index is 12.0. The second-order valence-electron chi connectivity index (χ2n) is 4.42. The number of nitriles is 1. The summed E-state index contributed by atoms with van der Waals surface area (Å²) in [7, 11) is 1.55. The van der Waals surface area contributed by atoms with Crippen LogP contribution in [-0.2, 0) is 4.79 Å². The molecular formula is C14H15NO2. The van der Waals surface area contributed by atoms with Crippen LogP contribution in [0.4, 0.5) is 0 Å². The number of ketones is 1. The van der Waals surface area contributed by atoms with Crippen LogP contribution in [0.1, 0.15) is 30.7 Å². The predicted molar refractivity (Wildman–Crippen MR) is 63.7 cm³/mol. The summed E-state index contributed by atoms with van der Waals surface area (Å²) in [6.45, 7) is 0. The average Bonchev–Trinajstić information content (AvgIpc) is 3.14. The number of rotatable bonds is 5. The molecule has 0 saturated heterocycles. The summed E-state index contributed by atoms with van der Waals surface area (Å²) >= 11 is 0. The molecule has 1 aromatic rings. The number of carbonyl (C=O) groups excluding carboxylic acids is 1. The van der Waals surface area contributed by atoms with Crippen LogP contribution in [0.3, 0.4) is 0 Å². The van der Waals surface area contributed by atoms with Crippen LogP contribution in [0.15, 0.2) is 24.3 Å². The van der Waals surface area contributed by atoms with E-state index in [-0.39, 0.29) is 5.78 Å². The van der Waals surface area contributed by atoms with Gasteiger partial charge in [-0.3, -0.25) is 4.79 Å². The maximum atomic E-state index is 12.0. The van der Waals surface area contributed by atoms with Crippen molar-refractivity contribution in [3.05, 3.63) is 29.8 Å². The van der Waals surface area contributed by atoms with Crippen LogP contribution < -0.4 is 4.74 Å². The van der Waals surface area contributed by atoms with Gasteiger partial charge in [0.15, 0.2) is 5.78 Å². The molecule has 1 aliphatic carbocycles. The van der Waals surface area contributed by atoms with Crippen molar-refractivity contribution in [3.63, 3.8) is 0 Å². The Balaban J connectivity index is 2.21. The van der Waals surface area contributed by atoms with Crippen molar-refractivity contribution in [1.82, 2.24) is 0 Å². The molecule has 0 aromatic heterocycles. The number of methoxy groups -OCH3 is 1. The Morgan fingerprint density at radius 3 is 2.82 bits per heavy atom. The Morgan fingerprint density at radius 2 is 2.24 bits per heavy atom. The Morgan fingerprint density at radius 1 is 1.53 bits per heavy atom. The molecule has 0 amide bonds. The first-order valence-electron chi connectivity index (χ1n) is 5.81. The molecule has 1 atom stereocenters. The van der Waals surface area contributed by atoms with E-state index in [2.05, 4.69) is 6.07 Å². The Bertz CT molecular complexity index is 458. The number of benzene rings is 1.